The fourth-order valence-corrected chi connectivity index (χ4v) is 0.560. The number of carboxylic acids is 1. The Morgan fingerprint density at radius 2 is 1.91 bits per heavy atom. The fraction of sp³-hybridized carbons (Fsp3) is 0.571. The number of aliphatic carboxylic acids is 1. The minimum absolute atomic E-state index is 0.264. The summed E-state index contributed by atoms with van der Waals surface area (Å²) in [5.74, 6) is -2.02. The molecule has 1 unspecified atom stereocenters. The first-order valence-corrected chi connectivity index (χ1v) is 3.23. The lowest BCUT2D eigenvalue weighted by atomic mass is 10.0. The second kappa shape index (κ2) is 3.98. The van der Waals surface area contributed by atoms with E-state index in [-0.39, 0.29) is 5.76 Å². The molecule has 3 N–H and O–H groups in total. The topological polar surface area (TPSA) is 77.8 Å². The molecule has 0 saturated heterocycles. The van der Waals surface area contributed by atoms with Gasteiger partial charge in [-0.3, -0.25) is 4.79 Å². The molecule has 64 valence electrons. The van der Waals surface area contributed by atoms with Gasteiger partial charge in [0.05, 0.1) is 5.92 Å². The van der Waals surface area contributed by atoms with Crippen molar-refractivity contribution < 1.29 is 20.1 Å². The number of hydrogen-bond acceptors (Lipinski definition) is 3. The highest BCUT2D eigenvalue weighted by molar-refractivity contribution is 5.73. The lowest BCUT2D eigenvalue weighted by Crippen LogP contribution is -2.13. The van der Waals surface area contributed by atoms with Crippen LogP contribution in [-0.2, 0) is 4.79 Å². The third kappa shape index (κ3) is 2.59. The summed E-state index contributed by atoms with van der Waals surface area (Å²) in [6.07, 6.45) is 0. The highest BCUT2D eigenvalue weighted by atomic mass is 16.4. The van der Waals surface area contributed by atoms with E-state index in [1.165, 1.54) is 13.8 Å². The van der Waals surface area contributed by atoms with Crippen molar-refractivity contribution in [3.63, 3.8) is 0 Å². The molecule has 0 aromatic heterocycles. The van der Waals surface area contributed by atoms with Crippen molar-refractivity contribution in [1.82, 2.24) is 0 Å². The van der Waals surface area contributed by atoms with Crippen molar-refractivity contribution in [2.24, 2.45) is 5.92 Å². The number of aliphatic hydroxyl groups excluding tert-OH is 2. The van der Waals surface area contributed by atoms with Gasteiger partial charge in [-0.2, -0.15) is 0 Å². The smallest absolute Gasteiger partial charge is 0.310 e. The van der Waals surface area contributed by atoms with Crippen LogP contribution in [0.1, 0.15) is 13.8 Å². The largest absolute Gasteiger partial charge is 0.510 e. The minimum atomic E-state index is -1.01. The van der Waals surface area contributed by atoms with Gasteiger partial charge < -0.3 is 15.3 Å². The molecular formula is C7H12O4. The highest BCUT2D eigenvalue weighted by Gasteiger charge is 2.15. The number of rotatable bonds is 3. The molecule has 0 saturated carbocycles. The van der Waals surface area contributed by atoms with Crippen LogP contribution in [-0.4, -0.2) is 27.9 Å². The molecular weight excluding hydrogens is 148 g/mol. The van der Waals surface area contributed by atoms with E-state index in [0.717, 1.165) is 0 Å². The third-order valence-electron chi connectivity index (χ3n) is 1.62. The molecule has 0 aromatic rings. The van der Waals surface area contributed by atoms with Gasteiger partial charge >= 0.3 is 5.97 Å². The van der Waals surface area contributed by atoms with Crippen LogP contribution in [0.3, 0.4) is 0 Å². The first kappa shape index (κ1) is 9.97. The molecule has 4 heteroatoms. The Morgan fingerprint density at radius 3 is 2.18 bits per heavy atom. The first-order valence-electron chi connectivity index (χ1n) is 3.23. The van der Waals surface area contributed by atoms with Gasteiger partial charge in [0.25, 0.3) is 0 Å². The SMILES string of the molecule is CC(=C(O)CO)C(C)C(=O)O. The predicted molar refractivity (Wildman–Crippen MR) is 39.2 cm³/mol. The van der Waals surface area contributed by atoms with E-state index in [2.05, 4.69) is 0 Å². The van der Waals surface area contributed by atoms with Crippen LogP contribution in [0.25, 0.3) is 0 Å². The molecule has 0 heterocycles. The van der Waals surface area contributed by atoms with Crippen molar-refractivity contribution in [3.8, 4) is 0 Å². The second-order valence-electron chi connectivity index (χ2n) is 2.35. The summed E-state index contributed by atoms with van der Waals surface area (Å²) in [7, 11) is 0. The summed E-state index contributed by atoms with van der Waals surface area (Å²) < 4.78 is 0. The van der Waals surface area contributed by atoms with E-state index in [0.29, 0.717) is 5.57 Å². The van der Waals surface area contributed by atoms with Crippen LogP contribution in [0, 0.1) is 5.92 Å². The Labute approximate surface area is 64.8 Å². The number of carbonyl (C=O) groups is 1. The molecule has 0 rings (SSSR count). The van der Waals surface area contributed by atoms with Crippen molar-refractivity contribution in [2.75, 3.05) is 6.61 Å². The van der Waals surface area contributed by atoms with E-state index < -0.39 is 18.5 Å². The maximum Gasteiger partial charge on any atom is 0.310 e. The number of aliphatic hydroxyl groups is 2. The molecule has 0 bridgehead atoms. The standard InChI is InChI=1S/C7H12O4/c1-4(6(9)3-8)5(2)7(10)11/h5,8-9H,3H2,1-2H3,(H,10,11). The molecule has 0 spiro atoms. The zero-order valence-corrected chi connectivity index (χ0v) is 6.53. The average molecular weight is 160 g/mol. The summed E-state index contributed by atoms with van der Waals surface area (Å²) >= 11 is 0. The summed E-state index contributed by atoms with van der Waals surface area (Å²) in [6, 6.07) is 0. The Hall–Kier alpha value is -1.03. The number of hydrogen-bond donors (Lipinski definition) is 3. The van der Waals surface area contributed by atoms with Gasteiger partial charge in [0.2, 0.25) is 0 Å². The molecule has 1 atom stereocenters. The van der Waals surface area contributed by atoms with Crippen LogP contribution in [0.2, 0.25) is 0 Å². The van der Waals surface area contributed by atoms with E-state index in [1.54, 1.807) is 0 Å². The molecule has 0 fully saturated rings. The lowest BCUT2D eigenvalue weighted by molar-refractivity contribution is -0.139. The molecule has 0 aliphatic heterocycles. The molecule has 0 aliphatic rings. The second-order valence-corrected chi connectivity index (χ2v) is 2.35. The Kier molecular flexibility index (Phi) is 3.60. The van der Waals surface area contributed by atoms with Gasteiger partial charge in [0, 0.05) is 0 Å². The fourth-order valence-electron chi connectivity index (χ4n) is 0.560. The van der Waals surface area contributed by atoms with E-state index >= 15 is 0 Å². The molecule has 0 radical (unpaired) electrons. The van der Waals surface area contributed by atoms with Crippen LogP contribution in [0.4, 0.5) is 0 Å². The van der Waals surface area contributed by atoms with Gasteiger partial charge in [-0.15, -0.1) is 0 Å². The zero-order chi connectivity index (χ0) is 9.02. The normalized spacial score (nSPS) is 15.5. The first-order chi connectivity index (χ1) is 5.00. The lowest BCUT2D eigenvalue weighted by Gasteiger charge is -2.07. The van der Waals surface area contributed by atoms with E-state index in [4.69, 9.17) is 15.3 Å². The van der Waals surface area contributed by atoms with Crippen LogP contribution < -0.4 is 0 Å². The quantitative estimate of drug-likeness (QED) is 0.526. The molecule has 0 amide bonds. The summed E-state index contributed by atoms with van der Waals surface area (Å²) in [5, 5.41) is 25.8. The van der Waals surface area contributed by atoms with Gasteiger partial charge in [0.15, 0.2) is 0 Å². The Morgan fingerprint density at radius 1 is 1.45 bits per heavy atom. The van der Waals surface area contributed by atoms with Gasteiger partial charge in [0.1, 0.15) is 12.4 Å². The predicted octanol–water partition coefficient (Wildman–Crippen LogP) is 0.531. The van der Waals surface area contributed by atoms with Gasteiger partial charge in [-0.1, -0.05) is 0 Å². The molecule has 4 nitrogen and oxygen atoms in total. The maximum absolute atomic E-state index is 10.3. The summed E-state index contributed by atoms with van der Waals surface area (Å²) in [4.78, 5) is 10.3. The highest BCUT2D eigenvalue weighted by Crippen LogP contribution is 2.12. The average Bonchev–Trinajstić information content (AvgIpc) is 2.00. The van der Waals surface area contributed by atoms with Crippen molar-refractivity contribution in [3.05, 3.63) is 11.3 Å². The maximum atomic E-state index is 10.3. The van der Waals surface area contributed by atoms with Gasteiger partial charge in [-0.25, -0.2) is 0 Å². The summed E-state index contributed by atoms with van der Waals surface area (Å²) in [6.45, 7) is 2.41. The van der Waals surface area contributed by atoms with E-state index in [9.17, 15) is 4.79 Å². The third-order valence-corrected chi connectivity index (χ3v) is 1.62. The van der Waals surface area contributed by atoms with Gasteiger partial charge in [-0.05, 0) is 19.4 Å². The number of carboxylic acid groups (broad SMARTS) is 1. The molecule has 11 heavy (non-hydrogen) atoms. The van der Waals surface area contributed by atoms with Crippen LogP contribution in [0.5, 0.6) is 0 Å². The van der Waals surface area contributed by atoms with E-state index in [1.807, 2.05) is 0 Å². The van der Waals surface area contributed by atoms with Crippen molar-refractivity contribution in [2.45, 2.75) is 13.8 Å². The van der Waals surface area contributed by atoms with Crippen LogP contribution in [0.15, 0.2) is 11.3 Å². The van der Waals surface area contributed by atoms with Crippen molar-refractivity contribution >= 4 is 5.97 Å². The molecule has 0 aliphatic carbocycles. The summed E-state index contributed by atoms with van der Waals surface area (Å²) in [5.41, 5.74) is 0.292. The van der Waals surface area contributed by atoms with Crippen molar-refractivity contribution in [1.29, 1.82) is 0 Å². The minimum Gasteiger partial charge on any atom is -0.510 e. The van der Waals surface area contributed by atoms with Crippen LogP contribution >= 0.6 is 0 Å². The Bertz CT molecular complexity index is 183. The monoisotopic (exact) mass is 160 g/mol. The molecule has 0 aromatic carbocycles. The Balaban J connectivity index is 4.46. The zero-order valence-electron chi connectivity index (χ0n) is 6.53.